The van der Waals surface area contributed by atoms with Crippen molar-refractivity contribution in [3.8, 4) is 11.5 Å². The standard InChI is InChI=1S/C12H19NOSi/c1-15(2,3)9-5-8-13-11-6-4-7-12(14)10-11/h10,13H,4,6-8H2,1-3H3. The first-order chi connectivity index (χ1) is 6.97. The highest BCUT2D eigenvalue weighted by atomic mass is 28.3. The zero-order valence-corrected chi connectivity index (χ0v) is 10.8. The van der Waals surface area contributed by atoms with Crippen molar-refractivity contribution in [2.75, 3.05) is 6.54 Å². The molecule has 0 radical (unpaired) electrons. The fraction of sp³-hybridized carbons (Fsp3) is 0.583. The highest BCUT2D eigenvalue weighted by molar-refractivity contribution is 6.83. The molecule has 0 fully saturated rings. The van der Waals surface area contributed by atoms with Crippen LogP contribution in [0, 0.1) is 11.5 Å². The van der Waals surface area contributed by atoms with E-state index < -0.39 is 8.07 Å². The van der Waals surface area contributed by atoms with Crippen LogP contribution in [-0.2, 0) is 4.79 Å². The Balaban J connectivity index is 2.37. The molecule has 1 N–H and O–H groups in total. The quantitative estimate of drug-likeness (QED) is 0.571. The van der Waals surface area contributed by atoms with Crippen LogP contribution >= 0.6 is 0 Å². The number of hydrogen-bond acceptors (Lipinski definition) is 2. The predicted molar refractivity (Wildman–Crippen MR) is 66.1 cm³/mol. The van der Waals surface area contributed by atoms with Crippen LogP contribution in [0.5, 0.6) is 0 Å². The number of ketones is 1. The summed E-state index contributed by atoms with van der Waals surface area (Å²) in [6.45, 7) is 7.35. The van der Waals surface area contributed by atoms with Gasteiger partial charge in [0.05, 0.1) is 6.54 Å². The molecule has 2 nitrogen and oxygen atoms in total. The first-order valence-corrected chi connectivity index (χ1v) is 8.95. The third-order valence-corrected chi connectivity index (χ3v) is 3.00. The molecule has 0 saturated heterocycles. The molecule has 0 atom stereocenters. The van der Waals surface area contributed by atoms with Gasteiger partial charge in [-0.2, -0.15) is 0 Å². The van der Waals surface area contributed by atoms with Gasteiger partial charge in [-0.05, 0) is 12.8 Å². The summed E-state index contributed by atoms with van der Waals surface area (Å²) >= 11 is 0. The van der Waals surface area contributed by atoms with Crippen molar-refractivity contribution < 1.29 is 4.79 Å². The molecular formula is C12H19NOSi. The Bertz CT molecular complexity index is 328. The van der Waals surface area contributed by atoms with E-state index in [0.717, 1.165) is 18.5 Å². The van der Waals surface area contributed by atoms with Gasteiger partial charge in [-0.3, -0.25) is 4.79 Å². The molecule has 0 amide bonds. The maximum Gasteiger partial charge on any atom is 0.157 e. The van der Waals surface area contributed by atoms with E-state index >= 15 is 0 Å². The normalized spacial score (nSPS) is 16.5. The van der Waals surface area contributed by atoms with Gasteiger partial charge in [0.2, 0.25) is 0 Å². The lowest BCUT2D eigenvalue weighted by atomic mass is 10.0. The number of carbonyl (C=O) groups excluding carboxylic acids is 1. The van der Waals surface area contributed by atoms with Crippen LogP contribution in [-0.4, -0.2) is 20.4 Å². The first-order valence-electron chi connectivity index (χ1n) is 5.45. The topological polar surface area (TPSA) is 29.1 Å². The Labute approximate surface area is 93.1 Å². The summed E-state index contributed by atoms with van der Waals surface area (Å²) in [7, 11) is -1.24. The number of rotatable bonds is 2. The summed E-state index contributed by atoms with van der Waals surface area (Å²) in [4.78, 5) is 11.1. The van der Waals surface area contributed by atoms with Crippen molar-refractivity contribution in [2.24, 2.45) is 0 Å². The van der Waals surface area contributed by atoms with E-state index in [4.69, 9.17) is 0 Å². The van der Waals surface area contributed by atoms with Crippen molar-refractivity contribution >= 4 is 13.9 Å². The molecule has 0 saturated carbocycles. The molecule has 0 heterocycles. The number of hydrogen-bond donors (Lipinski definition) is 1. The predicted octanol–water partition coefficient (Wildman–Crippen LogP) is 2.09. The summed E-state index contributed by atoms with van der Waals surface area (Å²) in [6.07, 6.45) is 4.38. The monoisotopic (exact) mass is 221 g/mol. The summed E-state index contributed by atoms with van der Waals surface area (Å²) in [5, 5.41) is 3.21. The molecule has 0 aromatic heterocycles. The summed E-state index contributed by atoms with van der Waals surface area (Å²) in [5.74, 6) is 3.37. The molecule has 15 heavy (non-hydrogen) atoms. The Kier molecular flexibility index (Phi) is 4.16. The molecule has 1 aliphatic rings. The molecule has 0 aromatic rings. The summed E-state index contributed by atoms with van der Waals surface area (Å²) in [5.41, 5.74) is 4.34. The van der Waals surface area contributed by atoms with Crippen LogP contribution in [0.4, 0.5) is 0 Å². The van der Waals surface area contributed by atoms with Gasteiger partial charge in [0.1, 0.15) is 8.07 Å². The van der Waals surface area contributed by atoms with Gasteiger partial charge in [0, 0.05) is 18.2 Å². The number of carbonyl (C=O) groups is 1. The van der Waals surface area contributed by atoms with Crippen LogP contribution in [0.3, 0.4) is 0 Å². The highest BCUT2D eigenvalue weighted by Gasteiger charge is 2.09. The van der Waals surface area contributed by atoms with Crippen molar-refractivity contribution in [3.63, 3.8) is 0 Å². The highest BCUT2D eigenvalue weighted by Crippen LogP contribution is 2.11. The van der Waals surface area contributed by atoms with Crippen molar-refractivity contribution in [3.05, 3.63) is 11.8 Å². The van der Waals surface area contributed by atoms with Gasteiger partial charge in [-0.25, -0.2) is 0 Å². The molecule has 0 unspecified atom stereocenters. The van der Waals surface area contributed by atoms with Crippen molar-refractivity contribution in [1.82, 2.24) is 5.32 Å². The van der Waals surface area contributed by atoms with Gasteiger partial charge in [-0.15, -0.1) is 5.54 Å². The van der Waals surface area contributed by atoms with E-state index in [0.29, 0.717) is 13.0 Å². The lowest BCUT2D eigenvalue weighted by molar-refractivity contribution is -0.115. The van der Waals surface area contributed by atoms with Gasteiger partial charge in [0.15, 0.2) is 5.78 Å². The zero-order chi connectivity index (χ0) is 11.3. The molecule has 0 spiro atoms. The van der Waals surface area contributed by atoms with Gasteiger partial charge in [0.25, 0.3) is 0 Å². The maximum atomic E-state index is 11.1. The molecule has 0 bridgehead atoms. The van der Waals surface area contributed by atoms with E-state index in [-0.39, 0.29) is 5.78 Å². The smallest absolute Gasteiger partial charge is 0.157 e. The fourth-order valence-electron chi connectivity index (χ4n) is 1.40. The van der Waals surface area contributed by atoms with Gasteiger partial charge < -0.3 is 5.32 Å². The molecule has 3 heteroatoms. The minimum Gasteiger partial charge on any atom is -0.377 e. The molecule has 1 rings (SSSR count). The van der Waals surface area contributed by atoms with E-state index in [1.54, 1.807) is 6.08 Å². The van der Waals surface area contributed by atoms with Crippen LogP contribution in [0.2, 0.25) is 19.6 Å². The minimum atomic E-state index is -1.24. The molecule has 1 aliphatic carbocycles. The van der Waals surface area contributed by atoms with Crippen molar-refractivity contribution in [1.29, 1.82) is 0 Å². The van der Waals surface area contributed by atoms with Crippen LogP contribution < -0.4 is 5.32 Å². The first kappa shape index (κ1) is 12.1. The van der Waals surface area contributed by atoms with Crippen LogP contribution in [0.1, 0.15) is 19.3 Å². The second-order valence-corrected chi connectivity index (χ2v) is 9.64. The second kappa shape index (κ2) is 5.18. The molecule has 0 aromatic carbocycles. The van der Waals surface area contributed by atoms with E-state index in [9.17, 15) is 4.79 Å². The Morgan fingerprint density at radius 2 is 2.13 bits per heavy atom. The Morgan fingerprint density at radius 1 is 1.40 bits per heavy atom. The third-order valence-electron chi connectivity index (χ3n) is 2.07. The molecule has 82 valence electrons. The van der Waals surface area contributed by atoms with E-state index in [2.05, 4.69) is 36.4 Å². The number of nitrogens with one attached hydrogen (secondary N) is 1. The maximum absolute atomic E-state index is 11.1. The molecule has 0 aliphatic heterocycles. The second-order valence-electron chi connectivity index (χ2n) is 4.89. The van der Waals surface area contributed by atoms with Crippen LogP contribution in [0.15, 0.2) is 11.8 Å². The Hall–Kier alpha value is -1.01. The van der Waals surface area contributed by atoms with Gasteiger partial charge >= 0.3 is 0 Å². The zero-order valence-electron chi connectivity index (χ0n) is 9.81. The lowest BCUT2D eigenvalue weighted by Gasteiger charge is -2.12. The minimum absolute atomic E-state index is 0.238. The molecular weight excluding hydrogens is 202 g/mol. The Morgan fingerprint density at radius 3 is 2.73 bits per heavy atom. The summed E-state index contributed by atoms with van der Waals surface area (Å²) in [6, 6.07) is 0. The van der Waals surface area contributed by atoms with E-state index in [1.165, 1.54) is 0 Å². The largest absolute Gasteiger partial charge is 0.377 e. The fourth-order valence-corrected chi connectivity index (χ4v) is 2.02. The van der Waals surface area contributed by atoms with E-state index in [1.807, 2.05) is 0 Å². The third kappa shape index (κ3) is 5.43. The number of allylic oxidation sites excluding steroid dienone is 2. The van der Waals surface area contributed by atoms with Crippen molar-refractivity contribution in [2.45, 2.75) is 38.9 Å². The average Bonchev–Trinajstić information content (AvgIpc) is 2.11. The van der Waals surface area contributed by atoms with Crippen LogP contribution in [0.25, 0.3) is 0 Å². The van der Waals surface area contributed by atoms with Gasteiger partial charge in [-0.1, -0.05) is 25.6 Å². The lowest BCUT2D eigenvalue weighted by Crippen LogP contribution is -2.20. The SMILES string of the molecule is C[Si](C)(C)C#CCNC1=CC(=O)CCC1. The average molecular weight is 221 g/mol. The summed E-state index contributed by atoms with van der Waals surface area (Å²) < 4.78 is 0.